The molecule has 0 heterocycles. The lowest BCUT2D eigenvalue weighted by atomic mass is 10.0. The van der Waals surface area contributed by atoms with Crippen molar-refractivity contribution in [2.45, 2.75) is 200 Å². The van der Waals surface area contributed by atoms with Crippen molar-refractivity contribution in [2.24, 2.45) is 0 Å². The van der Waals surface area contributed by atoms with Crippen LogP contribution >= 0.6 is 0 Å². The number of hydrogen-bond donors (Lipinski definition) is 1. The Morgan fingerprint density at radius 3 is 0.895 bits per heavy atom. The monoisotopic (exact) mass is 531 g/mol. The lowest BCUT2D eigenvalue weighted by molar-refractivity contribution is -0.220. The Morgan fingerprint density at radius 1 is 0.395 bits per heavy atom. The van der Waals surface area contributed by atoms with Gasteiger partial charge in [0, 0.05) is 0 Å². The molecule has 2 nitrogen and oxygen atoms in total. The van der Waals surface area contributed by atoms with Crippen LogP contribution < -0.4 is 5.11 Å². The highest BCUT2D eigenvalue weighted by Crippen LogP contribution is 2.14. The minimum atomic E-state index is -0.410. The van der Waals surface area contributed by atoms with Gasteiger partial charge in [0.25, 0.3) is 0 Å². The van der Waals surface area contributed by atoms with Crippen LogP contribution in [0.4, 0.5) is 0 Å². The first-order chi connectivity index (χ1) is 18.8. The zero-order valence-corrected chi connectivity index (χ0v) is 25.9. The zero-order chi connectivity index (χ0) is 27.6. The molecule has 38 heavy (non-hydrogen) atoms. The van der Waals surface area contributed by atoms with E-state index in [-0.39, 0.29) is 0 Å². The van der Waals surface area contributed by atoms with Gasteiger partial charge in [-0.2, -0.15) is 0 Å². The molecular weight excluding hydrogens is 462 g/mol. The Labute approximate surface area is 240 Å². The number of unbranched alkanes of at least 4 members (excludes halogenated alkanes) is 26. The maximum Gasteiger partial charge on any atom is -0.0254 e. The van der Waals surface area contributed by atoms with Crippen molar-refractivity contribution in [1.82, 2.24) is 0 Å². The normalized spacial score (nSPS) is 11.8. The second-order valence-corrected chi connectivity index (χ2v) is 11.8. The van der Waals surface area contributed by atoms with Gasteiger partial charge in [0.15, 0.2) is 0 Å². The summed E-state index contributed by atoms with van der Waals surface area (Å²) in [5.41, 5.74) is 0. The molecular formula is C36H68NO-. The maximum atomic E-state index is 10.6. The van der Waals surface area contributed by atoms with E-state index in [4.69, 9.17) is 5.41 Å². The lowest BCUT2D eigenvalue weighted by Gasteiger charge is -2.05. The van der Waals surface area contributed by atoms with E-state index in [9.17, 15) is 5.11 Å². The van der Waals surface area contributed by atoms with E-state index in [0.717, 1.165) is 12.8 Å². The van der Waals surface area contributed by atoms with Crippen LogP contribution in [0, 0.1) is 5.41 Å². The molecule has 0 spiro atoms. The standard InChI is InChI=1S/C36H69NO/c1-2-3-4-5-6-7-8-9-10-11-12-13-14-15-16-17-18-19-20-21-22-23-24-25-26-27-28-29-30-31-32-33-34-35-36(37)38/h9-10,27-28H,2-8,11-26,29-35H2,1H3,(H2,37,38)/p-1/b10-9-,28-27-. The summed E-state index contributed by atoms with van der Waals surface area (Å²) in [6, 6.07) is 0. The highest BCUT2D eigenvalue weighted by atomic mass is 16.3. The van der Waals surface area contributed by atoms with Gasteiger partial charge in [0.1, 0.15) is 0 Å². The van der Waals surface area contributed by atoms with Crippen LogP contribution in [0.25, 0.3) is 0 Å². The third-order valence-electron chi connectivity index (χ3n) is 7.82. The van der Waals surface area contributed by atoms with Crippen molar-refractivity contribution in [1.29, 1.82) is 5.41 Å². The molecule has 1 N–H and O–H groups in total. The summed E-state index contributed by atoms with van der Waals surface area (Å²) in [6.07, 6.45) is 49.3. The molecule has 0 aliphatic carbocycles. The Hall–Kier alpha value is -1.05. The summed E-state index contributed by atoms with van der Waals surface area (Å²) in [7, 11) is 0. The molecule has 0 rings (SSSR count). The van der Waals surface area contributed by atoms with Crippen LogP contribution in [0.15, 0.2) is 24.3 Å². The van der Waals surface area contributed by atoms with Crippen LogP contribution in [0.5, 0.6) is 0 Å². The van der Waals surface area contributed by atoms with Gasteiger partial charge < -0.3 is 10.5 Å². The van der Waals surface area contributed by atoms with Gasteiger partial charge in [-0.05, 0) is 70.1 Å². The molecule has 0 amide bonds. The summed E-state index contributed by atoms with van der Waals surface area (Å²) in [4.78, 5) is 0. The van der Waals surface area contributed by atoms with Gasteiger partial charge >= 0.3 is 0 Å². The van der Waals surface area contributed by atoms with E-state index >= 15 is 0 Å². The number of rotatable bonds is 32. The third kappa shape index (κ3) is 35.0. The molecule has 0 aromatic carbocycles. The molecule has 0 saturated carbocycles. The second kappa shape index (κ2) is 34.0. The Kier molecular flexibility index (Phi) is 33.0. The fraction of sp³-hybridized carbons (Fsp3) is 0.861. The van der Waals surface area contributed by atoms with E-state index in [0.29, 0.717) is 6.42 Å². The molecule has 0 radical (unpaired) electrons. The lowest BCUT2D eigenvalue weighted by Crippen LogP contribution is -2.14. The minimum Gasteiger partial charge on any atom is -0.862 e. The summed E-state index contributed by atoms with van der Waals surface area (Å²) in [6.45, 7) is 2.29. The molecule has 0 atom stereocenters. The van der Waals surface area contributed by atoms with E-state index in [1.807, 2.05) is 0 Å². The second-order valence-electron chi connectivity index (χ2n) is 11.8. The average Bonchev–Trinajstić information content (AvgIpc) is 2.91. The van der Waals surface area contributed by atoms with Crippen molar-refractivity contribution < 1.29 is 5.11 Å². The summed E-state index contributed by atoms with van der Waals surface area (Å²) in [5.74, 6) is -0.410. The highest BCUT2D eigenvalue weighted by molar-refractivity contribution is 5.67. The first-order valence-corrected chi connectivity index (χ1v) is 17.3. The molecule has 2 heteroatoms. The van der Waals surface area contributed by atoms with Gasteiger partial charge in [-0.15, -0.1) is 0 Å². The molecule has 0 saturated heterocycles. The van der Waals surface area contributed by atoms with Crippen molar-refractivity contribution in [3.8, 4) is 0 Å². The van der Waals surface area contributed by atoms with E-state index < -0.39 is 5.90 Å². The number of hydrogen-bond acceptors (Lipinski definition) is 2. The molecule has 0 bridgehead atoms. The fourth-order valence-electron chi connectivity index (χ4n) is 5.24. The van der Waals surface area contributed by atoms with Crippen molar-refractivity contribution >= 4 is 5.90 Å². The first-order valence-electron chi connectivity index (χ1n) is 17.3. The van der Waals surface area contributed by atoms with Gasteiger partial charge in [-0.3, -0.25) is 0 Å². The number of allylic oxidation sites excluding steroid dienone is 4. The van der Waals surface area contributed by atoms with Crippen molar-refractivity contribution in [3.05, 3.63) is 24.3 Å². The van der Waals surface area contributed by atoms with Gasteiger partial charge in [-0.25, -0.2) is 0 Å². The van der Waals surface area contributed by atoms with Crippen LogP contribution in [0.2, 0.25) is 0 Å². The van der Waals surface area contributed by atoms with Gasteiger partial charge in [0.05, 0.1) is 0 Å². The minimum absolute atomic E-state index is 0.410. The molecule has 0 aromatic heterocycles. The SMILES string of the molecule is CCCCCCCC/C=C\CCCCCCCCCCCCCCCC/C=C\CCCCCCCC(=N)[O-]. The molecule has 0 fully saturated rings. The third-order valence-corrected chi connectivity index (χ3v) is 7.82. The van der Waals surface area contributed by atoms with Crippen LogP contribution in [0.3, 0.4) is 0 Å². The summed E-state index contributed by atoms with van der Waals surface area (Å²) < 4.78 is 0. The maximum absolute atomic E-state index is 10.6. The average molecular weight is 531 g/mol. The van der Waals surface area contributed by atoms with Crippen LogP contribution in [-0.2, 0) is 0 Å². The topological polar surface area (TPSA) is 46.9 Å². The zero-order valence-electron chi connectivity index (χ0n) is 25.9. The van der Waals surface area contributed by atoms with Crippen LogP contribution in [-0.4, -0.2) is 5.90 Å². The van der Waals surface area contributed by atoms with Crippen molar-refractivity contribution in [2.75, 3.05) is 0 Å². The Morgan fingerprint density at radius 2 is 0.632 bits per heavy atom. The first kappa shape index (κ1) is 37.0. The summed E-state index contributed by atoms with van der Waals surface area (Å²) >= 11 is 0. The van der Waals surface area contributed by atoms with Crippen molar-refractivity contribution in [3.63, 3.8) is 0 Å². The molecule has 0 aliphatic rings. The highest BCUT2D eigenvalue weighted by Gasteiger charge is 1.95. The van der Waals surface area contributed by atoms with E-state index in [1.54, 1.807) is 0 Å². The van der Waals surface area contributed by atoms with Gasteiger partial charge in [-0.1, -0.05) is 160 Å². The Balaban J connectivity index is 3.12. The fourth-order valence-corrected chi connectivity index (χ4v) is 5.24. The number of nitrogens with one attached hydrogen (secondary N) is 1. The Bertz CT molecular complexity index is 509. The van der Waals surface area contributed by atoms with Gasteiger partial charge in [0.2, 0.25) is 0 Å². The largest absolute Gasteiger partial charge is 0.862 e. The molecule has 0 unspecified atom stereocenters. The quantitative estimate of drug-likeness (QED) is 0.0399. The smallest absolute Gasteiger partial charge is 0.0254 e. The molecule has 0 aromatic rings. The van der Waals surface area contributed by atoms with E-state index in [2.05, 4.69) is 31.2 Å². The molecule has 224 valence electrons. The molecule has 0 aliphatic heterocycles. The predicted molar refractivity (Wildman–Crippen MR) is 170 cm³/mol. The predicted octanol–water partition coefficient (Wildman–Crippen LogP) is 12.2. The summed E-state index contributed by atoms with van der Waals surface area (Å²) in [5, 5.41) is 17.5. The van der Waals surface area contributed by atoms with Crippen LogP contribution in [0.1, 0.15) is 200 Å². The van der Waals surface area contributed by atoms with E-state index in [1.165, 1.54) is 173 Å².